The van der Waals surface area contributed by atoms with Crippen molar-refractivity contribution in [3.8, 4) is 0 Å². The van der Waals surface area contributed by atoms with Gasteiger partial charge in [-0.25, -0.2) is 0 Å². The number of hydrogen-bond acceptors (Lipinski definition) is 2. The molecule has 1 aliphatic rings. The fraction of sp³-hybridized carbons (Fsp3) is 1.00. The van der Waals surface area contributed by atoms with Crippen LogP contribution in [0.25, 0.3) is 0 Å². The standard InChI is InChI=1S/C7H13F3N2/c8-7(9,10)4-6(11)2-1-3-12-5-6/h12H,1-5,11H2. The molecule has 1 fully saturated rings. The van der Waals surface area contributed by atoms with E-state index in [-0.39, 0.29) is 6.54 Å². The molecule has 1 rings (SSSR count). The van der Waals surface area contributed by atoms with Crippen LogP contribution >= 0.6 is 0 Å². The lowest BCUT2D eigenvalue weighted by atomic mass is 9.88. The molecule has 0 amide bonds. The molecule has 0 bridgehead atoms. The molecule has 0 radical (unpaired) electrons. The SMILES string of the molecule is NC1(CC(F)(F)F)CCCNC1. The van der Waals surface area contributed by atoms with E-state index in [0.717, 1.165) is 13.0 Å². The Balaban J connectivity index is 2.47. The second-order valence-electron chi connectivity index (χ2n) is 3.43. The Hall–Kier alpha value is -0.290. The molecule has 0 aliphatic carbocycles. The lowest BCUT2D eigenvalue weighted by Crippen LogP contribution is -2.54. The minimum absolute atomic E-state index is 0.270. The third-order valence-corrected chi connectivity index (χ3v) is 2.06. The van der Waals surface area contributed by atoms with Gasteiger partial charge in [0.25, 0.3) is 0 Å². The highest BCUT2D eigenvalue weighted by atomic mass is 19.4. The molecule has 2 nitrogen and oxygen atoms in total. The fourth-order valence-corrected chi connectivity index (χ4v) is 1.54. The Morgan fingerprint density at radius 1 is 1.42 bits per heavy atom. The van der Waals surface area contributed by atoms with Crippen LogP contribution in [-0.4, -0.2) is 24.8 Å². The van der Waals surface area contributed by atoms with Crippen molar-refractivity contribution >= 4 is 0 Å². The van der Waals surface area contributed by atoms with E-state index in [0.29, 0.717) is 6.42 Å². The first kappa shape index (κ1) is 9.80. The molecule has 1 saturated heterocycles. The van der Waals surface area contributed by atoms with Gasteiger partial charge in [-0.05, 0) is 19.4 Å². The van der Waals surface area contributed by atoms with E-state index in [4.69, 9.17) is 5.73 Å². The van der Waals surface area contributed by atoms with Crippen LogP contribution in [0.5, 0.6) is 0 Å². The van der Waals surface area contributed by atoms with Crippen LogP contribution in [0.3, 0.4) is 0 Å². The summed E-state index contributed by atoms with van der Waals surface area (Å²) in [6.45, 7) is 1.04. The summed E-state index contributed by atoms with van der Waals surface area (Å²) in [4.78, 5) is 0. The van der Waals surface area contributed by atoms with E-state index in [1.807, 2.05) is 0 Å². The highest BCUT2D eigenvalue weighted by Gasteiger charge is 2.40. The van der Waals surface area contributed by atoms with Crippen LogP contribution in [0.1, 0.15) is 19.3 Å². The van der Waals surface area contributed by atoms with Gasteiger partial charge < -0.3 is 11.1 Å². The van der Waals surface area contributed by atoms with Crippen LogP contribution in [0.2, 0.25) is 0 Å². The van der Waals surface area contributed by atoms with Gasteiger partial charge in [0.1, 0.15) is 0 Å². The number of alkyl halides is 3. The van der Waals surface area contributed by atoms with E-state index >= 15 is 0 Å². The largest absolute Gasteiger partial charge is 0.390 e. The summed E-state index contributed by atoms with van der Waals surface area (Å²) in [5.74, 6) is 0. The molecule has 1 heterocycles. The normalized spacial score (nSPS) is 32.0. The molecule has 0 aromatic carbocycles. The maximum Gasteiger partial charge on any atom is 0.390 e. The maximum absolute atomic E-state index is 12.0. The van der Waals surface area contributed by atoms with Gasteiger partial charge in [-0.3, -0.25) is 0 Å². The van der Waals surface area contributed by atoms with Gasteiger partial charge >= 0.3 is 6.18 Å². The second-order valence-corrected chi connectivity index (χ2v) is 3.43. The molecule has 0 saturated carbocycles. The van der Waals surface area contributed by atoms with Crippen molar-refractivity contribution in [1.82, 2.24) is 5.32 Å². The van der Waals surface area contributed by atoms with Crippen LogP contribution in [0.4, 0.5) is 13.2 Å². The number of halogens is 3. The number of hydrogen-bond donors (Lipinski definition) is 2. The molecule has 1 atom stereocenters. The first-order chi connectivity index (χ1) is 5.41. The van der Waals surface area contributed by atoms with Gasteiger partial charge in [-0.1, -0.05) is 0 Å². The van der Waals surface area contributed by atoms with Crippen molar-refractivity contribution in [2.75, 3.05) is 13.1 Å². The fourth-order valence-electron chi connectivity index (χ4n) is 1.54. The Morgan fingerprint density at radius 3 is 2.50 bits per heavy atom. The monoisotopic (exact) mass is 182 g/mol. The van der Waals surface area contributed by atoms with Crippen molar-refractivity contribution in [2.24, 2.45) is 5.73 Å². The van der Waals surface area contributed by atoms with E-state index in [1.165, 1.54) is 0 Å². The van der Waals surface area contributed by atoms with Crippen LogP contribution in [0, 0.1) is 0 Å². The third kappa shape index (κ3) is 2.98. The molecule has 1 unspecified atom stereocenters. The lowest BCUT2D eigenvalue weighted by Gasteiger charge is -2.34. The zero-order chi connectivity index (χ0) is 9.24. The predicted octanol–water partition coefficient (Wildman–Crippen LogP) is 1.02. The van der Waals surface area contributed by atoms with Crippen molar-refractivity contribution in [3.63, 3.8) is 0 Å². The van der Waals surface area contributed by atoms with Gasteiger partial charge in [0, 0.05) is 12.1 Å². The van der Waals surface area contributed by atoms with Gasteiger partial charge in [0.2, 0.25) is 0 Å². The second kappa shape index (κ2) is 3.22. The first-order valence-corrected chi connectivity index (χ1v) is 3.98. The van der Waals surface area contributed by atoms with Crippen LogP contribution in [0.15, 0.2) is 0 Å². The van der Waals surface area contributed by atoms with Crippen molar-refractivity contribution < 1.29 is 13.2 Å². The summed E-state index contributed by atoms with van der Waals surface area (Å²) in [5.41, 5.74) is 4.49. The third-order valence-electron chi connectivity index (χ3n) is 2.06. The number of nitrogens with two attached hydrogens (primary N) is 1. The number of piperidine rings is 1. The molecular weight excluding hydrogens is 169 g/mol. The highest BCUT2D eigenvalue weighted by molar-refractivity contribution is 4.91. The molecule has 0 aromatic rings. The topological polar surface area (TPSA) is 38.0 Å². The number of rotatable bonds is 1. The molecule has 3 N–H and O–H groups in total. The smallest absolute Gasteiger partial charge is 0.324 e. The lowest BCUT2D eigenvalue weighted by molar-refractivity contribution is -0.148. The van der Waals surface area contributed by atoms with Gasteiger partial charge in [0.05, 0.1) is 6.42 Å². The Kier molecular flexibility index (Phi) is 2.63. The predicted molar refractivity (Wildman–Crippen MR) is 39.7 cm³/mol. The van der Waals surface area contributed by atoms with Crippen LogP contribution in [-0.2, 0) is 0 Å². The van der Waals surface area contributed by atoms with Crippen molar-refractivity contribution in [2.45, 2.75) is 31.0 Å². The van der Waals surface area contributed by atoms with E-state index in [2.05, 4.69) is 5.32 Å². The highest BCUT2D eigenvalue weighted by Crippen LogP contribution is 2.29. The maximum atomic E-state index is 12.0. The first-order valence-electron chi connectivity index (χ1n) is 3.98. The van der Waals surface area contributed by atoms with E-state index < -0.39 is 18.1 Å². The number of nitrogens with one attached hydrogen (secondary N) is 1. The average Bonchev–Trinajstić information content (AvgIpc) is 1.83. The average molecular weight is 182 g/mol. The summed E-state index contributed by atoms with van der Waals surface area (Å²) in [5, 5.41) is 2.87. The van der Waals surface area contributed by atoms with E-state index in [9.17, 15) is 13.2 Å². The summed E-state index contributed by atoms with van der Waals surface area (Å²) < 4.78 is 35.9. The Morgan fingerprint density at radius 2 is 2.08 bits per heavy atom. The zero-order valence-electron chi connectivity index (χ0n) is 6.75. The van der Waals surface area contributed by atoms with Gasteiger partial charge in [-0.2, -0.15) is 13.2 Å². The van der Waals surface area contributed by atoms with Gasteiger partial charge in [-0.15, -0.1) is 0 Å². The zero-order valence-corrected chi connectivity index (χ0v) is 6.75. The summed E-state index contributed by atoms with van der Waals surface area (Å²) in [7, 11) is 0. The molecule has 5 heteroatoms. The molecule has 0 aromatic heterocycles. The molecule has 1 aliphatic heterocycles. The Labute approximate surface area is 69.3 Å². The summed E-state index contributed by atoms with van der Waals surface area (Å²) in [6, 6.07) is 0. The minimum Gasteiger partial charge on any atom is -0.324 e. The Bertz CT molecular complexity index is 149. The molecule has 72 valence electrons. The van der Waals surface area contributed by atoms with Crippen molar-refractivity contribution in [3.05, 3.63) is 0 Å². The minimum atomic E-state index is -4.15. The molecule has 0 spiro atoms. The molecule has 12 heavy (non-hydrogen) atoms. The van der Waals surface area contributed by atoms with Gasteiger partial charge in [0.15, 0.2) is 0 Å². The van der Waals surface area contributed by atoms with Crippen LogP contribution < -0.4 is 11.1 Å². The van der Waals surface area contributed by atoms with E-state index in [1.54, 1.807) is 0 Å². The summed E-state index contributed by atoms with van der Waals surface area (Å²) >= 11 is 0. The molecular formula is C7H13F3N2. The van der Waals surface area contributed by atoms with Crippen molar-refractivity contribution in [1.29, 1.82) is 0 Å². The summed E-state index contributed by atoms with van der Waals surface area (Å²) in [6.07, 6.45) is -3.84. The quantitative estimate of drug-likeness (QED) is 0.635.